The molecule has 0 unspecified atom stereocenters. The lowest BCUT2D eigenvalue weighted by atomic mass is 9.83. The highest BCUT2D eigenvalue weighted by molar-refractivity contribution is 6.02. The Morgan fingerprint density at radius 1 is 0.853 bits per heavy atom. The second-order valence-electron chi connectivity index (χ2n) is 9.59. The van der Waals surface area contributed by atoms with Crippen molar-refractivity contribution in [1.82, 2.24) is 14.8 Å². The summed E-state index contributed by atoms with van der Waals surface area (Å²) in [6.07, 6.45) is 0. The fraction of sp³-hybridized carbons (Fsp3) is 0.300. The molecular formula is C30H35N3O. The first-order chi connectivity index (χ1) is 16.5. The van der Waals surface area contributed by atoms with Gasteiger partial charge in [-0.05, 0) is 37.2 Å². The molecule has 1 amide bonds. The highest BCUT2D eigenvalue weighted by Crippen LogP contribution is 2.40. The number of hydrogen-bond acceptors (Lipinski definition) is 2. The van der Waals surface area contributed by atoms with Crippen molar-refractivity contribution in [2.45, 2.75) is 26.3 Å². The molecule has 4 rings (SSSR count). The summed E-state index contributed by atoms with van der Waals surface area (Å²) in [7, 11) is 4.14. The number of benzene rings is 3. The Bertz CT molecular complexity index is 1190. The third-order valence-corrected chi connectivity index (χ3v) is 6.22. The Hall–Kier alpha value is -3.37. The van der Waals surface area contributed by atoms with Crippen molar-refractivity contribution < 1.29 is 4.79 Å². The van der Waals surface area contributed by atoms with E-state index in [1.54, 1.807) is 0 Å². The molecule has 1 heterocycles. The molecule has 0 aliphatic rings. The number of para-hydroxylation sites is 1. The normalized spacial score (nSPS) is 11.6. The number of amides is 1. The molecule has 0 fully saturated rings. The van der Waals surface area contributed by atoms with E-state index in [0.717, 1.165) is 35.2 Å². The lowest BCUT2D eigenvalue weighted by molar-refractivity contribution is 0.0938. The molecule has 1 N–H and O–H groups in total. The topological polar surface area (TPSA) is 37.3 Å². The van der Waals surface area contributed by atoms with E-state index >= 15 is 0 Å². The largest absolute Gasteiger partial charge is 0.350 e. The van der Waals surface area contributed by atoms with Crippen molar-refractivity contribution in [1.29, 1.82) is 0 Å². The molecule has 3 aromatic carbocycles. The number of aromatic nitrogens is 1. The number of carbonyl (C=O) groups is 1. The summed E-state index contributed by atoms with van der Waals surface area (Å²) in [5, 5.41) is 4.35. The highest BCUT2D eigenvalue weighted by atomic mass is 16.1. The first-order valence-corrected chi connectivity index (χ1v) is 12.1. The van der Waals surface area contributed by atoms with E-state index in [-0.39, 0.29) is 11.8 Å². The molecule has 1 aromatic heterocycles. The zero-order valence-electron chi connectivity index (χ0n) is 20.7. The van der Waals surface area contributed by atoms with E-state index in [9.17, 15) is 4.79 Å². The van der Waals surface area contributed by atoms with Crippen molar-refractivity contribution in [2.24, 2.45) is 5.92 Å². The minimum Gasteiger partial charge on any atom is -0.350 e. The van der Waals surface area contributed by atoms with E-state index in [1.807, 2.05) is 12.1 Å². The molecule has 0 saturated carbocycles. The van der Waals surface area contributed by atoms with E-state index in [2.05, 4.69) is 116 Å². The molecule has 0 spiro atoms. The number of nitrogens with zero attached hydrogens (tertiary/aromatic N) is 2. The Morgan fingerprint density at radius 2 is 1.41 bits per heavy atom. The smallest absolute Gasteiger partial charge is 0.268 e. The van der Waals surface area contributed by atoms with Crippen LogP contribution in [-0.4, -0.2) is 42.6 Å². The second kappa shape index (κ2) is 10.7. The predicted octanol–water partition coefficient (Wildman–Crippen LogP) is 5.77. The van der Waals surface area contributed by atoms with Gasteiger partial charge in [0.25, 0.3) is 5.91 Å². The van der Waals surface area contributed by atoms with Crippen molar-refractivity contribution in [2.75, 3.05) is 27.2 Å². The van der Waals surface area contributed by atoms with Crippen molar-refractivity contribution in [3.05, 3.63) is 107 Å². The maximum absolute atomic E-state index is 13.8. The first-order valence-electron chi connectivity index (χ1n) is 12.1. The van der Waals surface area contributed by atoms with Gasteiger partial charge in [0.2, 0.25) is 0 Å². The van der Waals surface area contributed by atoms with Crippen LogP contribution in [0.25, 0.3) is 10.9 Å². The van der Waals surface area contributed by atoms with Crippen molar-refractivity contribution >= 4 is 16.8 Å². The van der Waals surface area contributed by atoms with E-state index in [1.165, 1.54) is 11.1 Å². The maximum Gasteiger partial charge on any atom is 0.268 e. The van der Waals surface area contributed by atoms with Crippen LogP contribution < -0.4 is 5.32 Å². The van der Waals surface area contributed by atoms with Crippen LogP contribution in [0.15, 0.2) is 84.9 Å². The van der Waals surface area contributed by atoms with Gasteiger partial charge in [-0.25, -0.2) is 0 Å². The molecule has 34 heavy (non-hydrogen) atoms. The molecule has 0 aliphatic heterocycles. The quantitative estimate of drug-likeness (QED) is 0.349. The van der Waals surface area contributed by atoms with Crippen LogP contribution in [0.3, 0.4) is 0 Å². The summed E-state index contributed by atoms with van der Waals surface area (Å²) >= 11 is 0. The molecule has 4 nitrogen and oxygen atoms in total. The SMILES string of the molecule is CC(C)CNC(=O)c1c(C(c2ccccc2)c2ccccc2)c2ccccc2n1CCN(C)C. The zero-order chi connectivity index (χ0) is 24.1. The Labute approximate surface area is 203 Å². The van der Waals surface area contributed by atoms with Gasteiger partial charge in [0, 0.05) is 42.0 Å². The van der Waals surface area contributed by atoms with Crippen LogP contribution in [0.5, 0.6) is 0 Å². The van der Waals surface area contributed by atoms with Crippen LogP contribution in [0.1, 0.15) is 46.9 Å². The van der Waals surface area contributed by atoms with Crippen LogP contribution in [0.2, 0.25) is 0 Å². The summed E-state index contributed by atoms with van der Waals surface area (Å²) < 4.78 is 2.22. The molecule has 0 radical (unpaired) electrons. The number of hydrogen-bond donors (Lipinski definition) is 1. The molecule has 4 aromatic rings. The number of nitrogens with one attached hydrogen (secondary N) is 1. The van der Waals surface area contributed by atoms with Crippen molar-refractivity contribution in [3.63, 3.8) is 0 Å². The van der Waals surface area contributed by atoms with Crippen LogP contribution >= 0.6 is 0 Å². The van der Waals surface area contributed by atoms with Gasteiger partial charge in [-0.15, -0.1) is 0 Å². The lowest BCUT2D eigenvalue weighted by Crippen LogP contribution is -2.31. The number of likely N-dealkylation sites (N-methyl/N-ethyl adjacent to an activating group) is 1. The predicted molar refractivity (Wildman–Crippen MR) is 141 cm³/mol. The van der Waals surface area contributed by atoms with Crippen LogP contribution in [0, 0.1) is 5.92 Å². The monoisotopic (exact) mass is 453 g/mol. The summed E-state index contributed by atoms with van der Waals surface area (Å²) in [5.41, 5.74) is 5.31. The molecule has 0 aliphatic carbocycles. The number of carbonyl (C=O) groups excluding carboxylic acids is 1. The lowest BCUT2D eigenvalue weighted by Gasteiger charge is -2.21. The summed E-state index contributed by atoms with van der Waals surface area (Å²) in [6, 6.07) is 29.5. The average Bonchev–Trinajstić information content (AvgIpc) is 3.17. The molecule has 176 valence electrons. The third kappa shape index (κ3) is 5.07. The van der Waals surface area contributed by atoms with Crippen LogP contribution in [0.4, 0.5) is 0 Å². The van der Waals surface area contributed by atoms with Gasteiger partial charge in [0.1, 0.15) is 5.69 Å². The third-order valence-electron chi connectivity index (χ3n) is 6.22. The molecular weight excluding hydrogens is 418 g/mol. The minimum atomic E-state index is -0.0484. The minimum absolute atomic E-state index is 0.00415. The Balaban J connectivity index is 2.01. The number of fused-ring (bicyclic) bond motifs is 1. The zero-order valence-corrected chi connectivity index (χ0v) is 20.7. The van der Waals surface area contributed by atoms with E-state index in [0.29, 0.717) is 12.5 Å². The van der Waals surface area contributed by atoms with Gasteiger partial charge in [0.05, 0.1) is 0 Å². The second-order valence-corrected chi connectivity index (χ2v) is 9.59. The molecule has 4 heteroatoms. The highest BCUT2D eigenvalue weighted by Gasteiger charge is 2.30. The summed E-state index contributed by atoms with van der Waals surface area (Å²) in [6.45, 7) is 6.49. The Kier molecular flexibility index (Phi) is 7.49. The first kappa shape index (κ1) is 23.8. The fourth-order valence-corrected chi connectivity index (χ4v) is 4.60. The van der Waals surface area contributed by atoms with Gasteiger partial charge in [0.15, 0.2) is 0 Å². The number of rotatable bonds is 9. The van der Waals surface area contributed by atoms with E-state index in [4.69, 9.17) is 0 Å². The molecule has 0 atom stereocenters. The maximum atomic E-state index is 13.8. The van der Waals surface area contributed by atoms with E-state index < -0.39 is 0 Å². The van der Waals surface area contributed by atoms with Gasteiger partial charge in [-0.3, -0.25) is 4.79 Å². The average molecular weight is 454 g/mol. The van der Waals surface area contributed by atoms with Crippen molar-refractivity contribution in [3.8, 4) is 0 Å². The van der Waals surface area contributed by atoms with Crippen LogP contribution in [-0.2, 0) is 6.54 Å². The summed E-state index contributed by atoms with van der Waals surface area (Å²) in [5.74, 6) is 0.328. The standard InChI is InChI=1S/C30H35N3O/c1-22(2)21-31-30(34)29-28(25-17-11-12-18-26(25)33(29)20-19-32(3)4)27(23-13-7-5-8-14-23)24-15-9-6-10-16-24/h5-18,22,27H,19-21H2,1-4H3,(H,31,34). The molecule has 0 bridgehead atoms. The fourth-order valence-electron chi connectivity index (χ4n) is 4.60. The molecule has 0 saturated heterocycles. The van der Waals surface area contributed by atoms with Gasteiger partial charge in [-0.1, -0.05) is 92.7 Å². The Morgan fingerprint density at radius 3 is 1.97 bits per heavy atom. The van der Waals surface area contributed by atoms with Gasteiger partial charge >= 0.3 is 0 Å². The van der Waals surface area contributed by atoms with Gasteiger partial charge in [-0.2, -0.15) is 0 Å². The summed E-state index contributed by atoms with van der Waals surface area (Å²) in [4.78, 5) is 16.0. The van der Waals surface area contributed by atoms with Gasteiger partial charge < -0.3 is 14.8 Å².